The van der Waals surface area contributed by atoms with Gasteiger partial charge in [-0.2, -0.15) is 0 Å². The number of para-hydroxylation sites is 1. The Hall–Kier alpha value is -2.35. The third-order valence-corrected chi connectivity index (χ3v) is 3.66. The Labute approximate surface area is 119 Å². The predicted octanol–water partition coefficient (Wildman–Crippen LogP) is 3.68. The number of carbonyl (C=O) groups is 1. The summed E-state index contributed by atoms with van der Waals surface area (Å²) in [4.78, 5) is 14.3. The van der Waals surface area contributed by atoms with E-state index in [1.165, 1.54) is 5.56 Å². The monoisotopic (exact) mass is 263 g/mol. The van der Waals surface area contributed by atoms with Gasteiger partial charge in [-0.25, -0.2) is 0 Å². The topological polar surface area (TPSA) is 20.3 Å². The summed E-state index contributed by atoms with van der Waals surface area (Å²) in [6.45, 7) is 2.09. The van der Waals surface area contributed by atoms with Gasteiger partial charge in [-0.15, -0.1) is 0 Å². The molecule has 1 heterocycles. The largest absolute Gasteiger partial charge is 0.305 e. The smallest absolute Gasteiger partial charge is 0.251 e. The number of anilines is 1. The molecule has 0 radical (unpaired) electrons. The van der Waals surface area contributed by atoms with Gasteiger partial charge in [-0.05, 0) is 36.6 Å². The fourth-order valence-corrected chi connectivity index (χ4v) is 2.71. The highest BCUT2D eigenvalue weighted by atomic mass is 16.2. The zero-order chi connectivity index (χ0) is 13.9. The molecule has 2 aromatic carbocycles. The van der Waals surface area contributed by atoms with Crippen molar-refractivity contribution in [2.75, 3.05) is 4.90 Å². The molecule has 0 unspecified atom stereocenters. The van der Waals surface area contributed by atoms with Crippen LogP contribution in [0.15, 0.2) is 60.7 Å². The van der Waals surface area contributed by atoms with Crippen molar-refractivity contribution in [3.8, 4) is 0 Å². The molecular weight excluding hydrogens is 246 g/mol. The standard InChI is InChI=1S/C18H17NO/c1-14-13-16-9-5-6-10-17(16)19(14)18(20)12-11-15-7-3-2-4-8-15/h2-12,14H,13H2,1H3/b12-11+/t14-/m0/s1. The minimum Gasteiger partial charge on any atom is -0.305 e. The number of amides is 1. The molecule has 0 aliphatic carbocycles. The van der Waals surface area contributed by atoms with Crippen molar-refractivity contribution in [1.29, 1.82) is 0 Å². The van der Waals surface area contributed by atoms with Gasteiger partial charge in [0.05, 0.1) is 0 Å². The molecule has 0 bridgehead atoms. The van der Waals surface area contributed by atoms with Crippen LogP contribution in [0.5, 0.6) is 0 Å². The first-order valence-corrected chi connectivity index (χ1v) is 6.90. The number of rotatable bonds is 2. The maximum absolute atomic E-state index is 12.4. The van der Waals surface area contributed by atoms with E-state index in [9.17, 15) is 4.79 Å². The van der Waals surface area contributed by atoms with Crippen LogP contribution < -0.4 is 4.90 Å². The Bertz CT molecular complexity index is 645. The lowest BCUT2D eigenvalue weighted by atomic mass is 10.1. The van der Waals surface area contributed by atoms with E-state index in [4.69, 9.17) is 0 Å². The lowest BCUT2D eigenvalue weighted by molar-refractivity contribution is -0.114. The SMILES string of the molecule is C[C@H]1Cc2ccccc2N1C(=O)/C=C/c1ccccc1. The second-order valence-electron chi connectivity index (χ2n) is 5.13. The molecule has 0 saturated carbocycles. The first-order chi connectivity index (χ1) is 9.75. The van der Waals surface area contributed by atoms with Crippen molar-refractivity contribution in [3.63, 3.8) is 0 Å². The molecule has 1 atom stereocenters. The van der Waals surface area contributed by atoms with Crippen LogP contribution in [0.3, 0.4) is 0 Å². The van der Waals surface area contributed by atoms with Gasteiger partial charge in [0.25, 0.3) is 5.91 Å². The van der Waals surface area contributed by atoms with Crippen LogP contribution in [0, 0.1) is 0 Å². The molecule has 3 rings (SSSR count). The Kier molecular flexibility index (Phi) is 3.38. The third-order valence-electron chi connectivity index (χ3n) is 3.66. The van der Waals surface area contributed by atoms with Crippen LogP contribution in [0.4, 0.5) is 5.69 Å². The van der Waals surface area contributed by atoms with E-state index in [0.717, 1.165) is 17.7 Å². The molecule has 0 N–H and O–H groups in total. The molecule has 1 aliphatic heterocycles. The van der Waals surface area contributed by atoms with E-state index in [2.05, 4.69) is 13.0 Å². The Morgan fingerprint density at radius 1 is 1.10 bits per heavy atom. The van der Waals surface area contributed by atoms with Crippen molar-refractivity contribution in [2.45, 2.75) is 19.4 Å². The van der Waals surface area contributed by atoms with E-state index < -0.39 is 0 Å². The lowest BCUT2D eigenvalue weighted by Gasteiger charge is -2.20. The normalized spacial score (nSPS) is 17.4. The third kappa shape index (κ3) is 2.37. The highest BCUT2D eigenvalue weighted by molar-refractivity contribution is 6.05. The summed E-state index contributed by atoms with van der Waals surface area (Å²) in [5.74, 6) is 0.0475. The van der Waals surface area contributed by atoms with Crippen molar-refractivity contribution in [1.82, 2.24) is 0 Å². The maximum Gasteiger partial charge on any atom is 0.251 e. The Morgan fingerprint density at radius 2 is 1.80 bits per heavy atom. The van der Waals surface area contributed by atoms with Crippen LogP contribution in [-0.4, -0.2) is 11.9 Å². The molecule has 2 heteroatoms. The summed E-state index contributed by atoms with van der Waals surface area (Å²) in [6, 6.07) is 18.2. The number of nitrogens with zero attached hydrogens (tertiary/aromatic N) is 1. The molecule has 0 saturated heterocycles. The number of hydrogen-bond acceptors (Lipinski definition) is 1. The number of benzene rings is 2. The summed E-state index contributed by atoms with van der Waals surface area (Å²) in [5, 5.41) is 0. The average molecular weight is 263 g/mol. The van der Waals surface area contributed by atoms with Crippen molar-refractivity contribution >= 4 is 17.7 Å². The number of hydrogen-bond donors (Lipinski definition) is 0. The first-order valence-electron chi connectivity index (χ1n) is 6.90. The maximum atomic E-state index is 12.4. The molecule has 1 amide bonds. The first kappa shape index (κ1) is 12.7. The summed E-state index contributed by atoms with van der Waals surface area (Å²) >= 11 is 0. The summed E-state index contributed by atoms with van der Waals surface area (Å²) < 4.78 is 0. The van der Waals surface area contributed by atoms with Gasteiger partial charge in [0.1, 0.15) is 0 Å². The number of fused-ring (bicyclic) bond motifs is 1. The van der Waals surface area contributed by atoms with Gasteiger partial charge in [-0.3, -0.25) is 4.79 Å². The summed E-state index contributed by atoms with van der Waals surface area (Å²) in [5.41, 5.74) is 3.34. The summed E-state index contributed by atoms with van der Waals surface area (Å²) in [6.07, 6.45) is 4.46. The highest BCUT2D eigenvalue weighted by Crippen LogP contribution is 2.31. The van der Waals surface area contributed by atoms with Gasteiger partial charge >= 0.3 is 0 Å². The van der Waals surface area contributed by atoms with Crippen molar-refractivity contribution < 1.29 is 4.79 Å². The van der Waals surface area contributed by atoms with Crippen LogP contribution >= 0.6 is 0 Å². The van der Waals surface area contributed by atoms with Gasteiger partial charge in [0.2, 0.25) is 0 Å². The van der Waals surface area contributed by atoms with Gasteiger partial charge in [0, 0.05) is 17.8 Å². The molecule has 1 aliphatic rings. The zero-order valence-corrected chi connectivity index (χ0v) is 11.5. The lowest BCUT2D eigenvalue weighted by Crippen LogP contribution is -2.34. The second-order valence-corrected chi connectivity index (χ2v) is 5.13. The Morgan fingerprint density at radius 3 is 2.60 bits per heavy atom. The highest BCUT2D eigenvalue weighted by Gasteiger charge is 2.28. The second kappa shape index (κ2) is 5.33. The fraction of sp³-hybridized carbons (Fsp3) is 0.167. The molecule has 2 nitrogen and oxygen atoms in total. The molecule has 0 aromatic heterocycles. The minimum atomic E-state index is 0.0475. The van der Waals surface area contributed by atoms with Crippen LogP contribution in [-0.2, 0) is 11.2 Å². The van der Waals surface area contributed by atoms with Crippen molar-refractivity contribution in [3.05, 3.63) is 71.8 Å². The zero-order valence-electron chi connectivity index (χ0n) is 11.5. The van der Waals surface area contributed by atoms with Gasteiger partial charge in [-0.1, -0.05) is 48.5 Å². The fourth-order valence-electron chi connectivity index (χ4n) is 2.71. The van der Waals surface area contributed by atoms with Crippen LogP contribution in [0.2, 0.25) is 0 Å². The van der Waals surface area contributed by atoms with E-state index in [-0.39, 0.29) is 11.9 Å². The molecule has 100 valence electrons. The quantitative estimate of drug-likeness (QED) is 0.757. The molecule has 20 heavy (non-hydrogen) atoms. The van der Waals surface area contributed by atoms with Crippen molar-refractivity contribution in [2.24, 2.45) is 0 Å². The van der Waals surface area contributed by atoms with Gasteiger partial charge < -0.3 is 4.90 Å². The van der Waals surface area contributed by atoms with Crippen LogP contribution in [0.1, 0.15) is 18.1 Å². The van der Waals surface area contributed by atoms with E-state index in [1.807, 2.05) is 59.5 Å². The molecule has 0 spiro atoms. The van der Waals surface area contributed by atoms with Gasteiger partial charge in [0.15, 0.2) is 0 Å². The molecular formula is C18H17NO. The summed E-state index contributed by atoms with van der Waals surface area (Å²) in [7, 11) is 0. The van der Waals surface area contributed by atoms with E-state index in [1.54, 1.807) is 6.08 Å². The van der Waals surface area contributed by atoms with E-state index in [0.29, 0.717) is 0 Å². The predicted molar refractivity (Wildman–Crippen MR) is 82.6 cm³/mol. The van der Waals surface area contributed by atoms with E-state index >= 15 is 0 Å². The molecule has 0 fully saturated rings. The molecule has 2 aromatic rings. The Balaban J connectivity index is 1.83. The average Bonchev–Trinajstić information content (AvgIpc) is 2.82. The number of carbonyl (C=O) groups excluding carboxylic acids is 1. The minimum absolute atomic E-state index is 0.0475. The van der Waals surface area contributed by atoms with Crippen LogP contribution in [0.25, 0.3) is 6.08 Å².